The first-order valence-electron chi connectivity index (χ1n) is 9.17. The van der Waals surface area contributed by atoms with E-state index in [1.54, 1.807) is 12.1 Å². The third kappa shape index (κ3) is 3.97. The molecule has 3 aromatic rings. The topological polar surface area (TPSA) is 96.6 Å². The van der Waals surface area contributed by atoms with Crippen LogP contribution in [0.4, 0.5) is 4.79 Å². The number of urea groups is 1. The molecule has 0 aliphatic carbocycles. The van der Waals surface area contributed by atoms with Crippen molar-refractivity contribution >= 4 is 40.3 Å². The second-order valence-corrected chi connectivity index (χ2v) is 7.15. The molecule has 1 saturated heterocycles. The summed E-state index contributed by atoms with van der Waals surface area (Å²) in [6.45, 7) is 0.990. The Morgan fingerprint density at radius 2 is 2.07 bits per heavy atom. The zero-order chi connectivity index (χ0) is 20.4. The molecule has 1 fully saturated rings. The van der Waals surface area contributed by atoms with Gasteiger partial charge in [-0.25, -0.2) is 4.79 Å². The van der Waals surface area contributed by atoms with Gasteiger partial charge >= 0.3 is 6.03 Å². The molecule has 1 atom stereocenters. The van der Waals surface area contributed by atoms with E-state index in [0.717, 1.165) is 15.8 Å². The Labute approximate surface area is 171 Å². The van der Waals surface area contributed by atoms with Gasteiger partial charge in [0.15, 0.2) is 0 Å². The van der Waals surface area contributed by atoms with Crippen LogP contribution in [-0.2, 0) is 22.7 Å². The van der Waals surface area contributed by atoms with E-state index in [2.05, 4.69) is 10.6 Å². The second-order valence-electron chi connectivity index (χ2n) is 6.74. The van der Waals surface area contributed by atoms with Gasteiger partial charge in [-0.05, 0) is 30.3 Å². The lowest BCUT2D eigenvalue weighted by Gasteiger charge is -2.12. The summed E-state index contributed by atoms with van der Waals surface area (Å²) in [5.74, 6) is -0.247. The van der Waals surface area contributed by atoms with Gasteiger partial charge in [-0.1, -0.05) is 17.7 Å². The number of furan rings is 1. The van der Waals surface area contributed by atoms with Crippen LogP contribution in [-0.4, -0.2) is 39.9 Å². The molecule has 2 aromatic heterocycles. The molecular formula is C20H19ClN4O4. The Kier molecular flexibility index (Phi) is 5.26. The summed E-state index contributed by atoms with van der Waals surface area (Å²) in [4.78, 5) is 37.7. The fourth-order valence-corrected chi connectivity index (χ4v) is 3.61. The Bertz CT molecular complexity index is 1060. The number of amides is 4. The standard InChI is InChI=1S/C20H19ClN4O4/c21-15-4-1-5-17-14(15)6-8-24(17)9-7-22-18(26)11-16-19(27)25(20(28)23-16)12-13-3-2-10-29-13/h1-6,8,10,16H,7,9,11-12H2,(H,22,26)(H,23,28). The lowest BCUT2D eigenvalue weighted by molar-refractivity contribution is -0.131. The van der Waals surface area contributed by atoms with Gasteiger partial charge in [-0.15, -0.1) is 0 Å². The SMILES string of the molecule is O=C(CC1NC(=O)N(Cc2ccco2)C1=O)NCCn1ccc2c(Cl)cccc21. The van der Waals surface area contributed by atoms with Gasteiger partial charge in [0.05, 0.1) is 19.2 Å². The van der Waals surface area contributed by atoms with Crippen molar-refractivity contribution in [2.24, 2.45) is 0 Å². The predicted octanol–water partition coefficient (Wildman–Crippen LogP) is 2.51. The number of fused-ring (bicyclic) bond motifs is 1. The first-order valence-corrected chi connectivity index (χ1v) is 9.55. The summed E-state index contributed by atoms with van der Waals surface area (Å²) in [7, 11) is 0. The van der Waals surface area contributed by atoms with Gasteiger partial charge in [0.2, 0.25) is 5.91 Å². The molecule has 0 radical (unpaired) electrons. The maximum atomic E-state index is 12.4. The number of nitrogens with one attached hydrogen (secondary N) is 2. The summed E-state index contributed by atoms with van der Waals surface area (Å²) >= 11 is 6.17. The Morgan fingerprint density at radius 3 is 2.86 bits per heavy atom. The van der Waals surface area contributed by atoms with E-state index in [1.165, 1.54) is 6.26 Å². The molecule has 0 saturated carbocycles. The van der Waals surface area contributed by atoms with E-state index in [-0.39, 0.29) is 18.9 Å². The van der Waals surface area contributed by atoms with Crippen LogP contribution in [0.15, 0.2) is 53.3 Å². The molecule has 29 heavy (non-hydrogen) atoms. The molecule has 8 nitrogen and oxygen atoms in total. The van der Waals surface area contributed by atoms with Crippen molar-refractivity contribution < 1.29 is 18.8 Å². The number of benzene rings is 1. The number of hydrogen-bond donors (Lipinski definition) is 2. The maximum absolute atomic E-state index is 12.4. The largest absolute Gasteiger partial charge is 0.467 e. The smallest absolute Gasteiger partial charge is 0.325 e. The number of carbonyl (C=O) groups is 3. The highest BCUT2D eigenvalue weighted by Gasteiger charge is 2.39. The predicted molar refractivity (Wildman–Crippen MR) is 106 cm³/mol. The van der Waals surface area contributed by atoms with E-state index in [4.69, 9.17) is 16.0 Å². The number of aromatic nitrogens is 1. The number of halogens is 1. The molecule has 0 spiro atoms. The van der Waals surface area contributed by atoms with Crippen LogP contribution >= 0.6 is 11.6 Å². The third-order valence-corrected chi connectivity index (χ3v) is 5.16. The third-order valence-electron chi connectivity index (χ3n) is 4.83. The lowest BCUT2D eigenvalue weighted by Crippen LogP contribution is -2.37. The highest BCUT2D eigenvalue weighted by molar-refractivity contribution is 6.35. The van der Waals surface area contributed by atoms with Crippen LogP contribution in [0.5, 0.6) is 0 Å². The summed E-state index contributed by atoms with van der Waals surface area (Å²) in [5, 5.41) is 6.97. The molecule has 1 aliphatic rings. The summed E-state index contributed by atoms with van der Waals surface area (Å²) in [6.07, 6.45) is 3.27. The van der Waals surface area contributed by atoms with Gasteiger partial charge in [0, 0.05) is 35.2 Å². The Morgan fingerprint density at radius 1 is 1.21 bits per heavy atom. The molecular weight excluding hydrogens is 396 g/mol. The van der Waals surface area contributed by atoms with Crippen LogP contribution in [0.25, 0.3) is 10.9 Å². The van der Waals surface area contributed by atoms with Gasteiger partial charge in [-0.2, -0.15) is 0 Å². The maximum Gasteiger partial charge on any atom is 0.325 e. The summed E-state index contributed by atoms with van der Waals surface area (Å²) in [5.41, 5.74) is 0.985. The van der Waals surface area contributed by atoms with Crippen LogP contribution in [0.3, 0.4) is 0 Å². The van der Waals surface area contributed by atoms with Crippen molar-refractivity contribution in [3.05, 3.63) is 59.6 Å². The fourth-order valence-electron chi connectivity index (χ4n) is 3.38. The van der Waals surface area contributed by atoms with Crippen molar-refractivity contribution in [2.75, 3.05) is 6.54 Å². The molecule has 4 amide bonds. The minimum absolute atomic E-state index is 0.0407. The highest BCUT2D eigenvalue weighted by Crippen LogP contribution is 2.24. The van der Waals surface area contributed by atoms with Crippen molar-refractivity contribution in [3.8, 4) is 0 Å². The van der Waals surface area contributed by atoms with E-state index in [0.29, 0.717) is 23.9 Å². The van der Waals surface area contributed by atoms with E-state index < -0.39 is 18.0 Å². The van der Waals surface area contributed by atoms with E-state index in [1.807, 2.05) is 35.0 Å². The summed E-state index contributed by atoms with van der Waals surface area (Å²) in [6, 6.07) is 9.56. The zero-order valence-corrected chi connectivity index (χ0v) is 16.2. The van der Waals surface area contributed by atoms with Crippen molar-refractivity contribution in [1.29, 1.82) is 0 Å². The Hall–Kier alpha value is -3.26. The minimum Gasteiger partial charge on any atom is -0.467 e. The number of hydrogen-bond acceptors (Lipinski definition) is 4. The monoisotopic (exact) mass is 414 g/mol. The molecule has 9 heteroatoms. The van der Waals surface area contributed by atoms with Gasteiger partial charge in [0.1, 0.15) is 11.8 Å². The molecule has 1 aliphatic heterocycles. The van der Waals surface area contributed by atoms with Crippen molar-refractivity contribution in [1.82, 2.24) is 20.1 Å². The first-order chi connectivity index (χ1) is 14.0. The average molecular weight is 415 g/mol. The molecule has 3 heterocycles. The average Bonchev–Trinajstić information content (AvgIpc) is 3.40. The number of imide groups is 1. The zero-order valence-electron chi connectivity index (χ0n) is 15.4. The molecule has 1 aromatic carbocycles. The quantitative estimate of drug-likeness (QED) is 0.580. The molecule has 4 rings (SSSR count). The van der Waals surface area contributed by atoms with Crippen molar-refractivity contribution in [2.45, 2.75) is 25.6 Å². The van der Waals surface area contributed by atoms with Gasteiger partial charge in [0.25, 0.3) is 5.91 Å². The first kappa shape index (κ1) is 19.1. The number of rotatable bonds is 7. The van der Waals surface area contributed by atoms with E-state index in [9.17, 15) is 14.4 Å². The van der Waals surface area contributed by atoms with Gasteiger partial charge < -0.3 is 19.6 Å². The van der Waals surface area contributed by atoms with Crippen LogP contribution in [0.1, 0.15) is 12.2 Å². The number of carbonyl (C=O) groups excluding carboxylic acids is 3. The lowest BCUT2D eigenvalue weighted by atomic mass is 10.2. The van der Waals surface area contributed by atoms with Crippen LogP contribution in [0.2, 0.25) is 5.02 Å². The van der Waals surface area contributed by atoms with Gasteiger partial charge in [-0.3, -0.25) is 14.5 Å². The van der Waals surface area contributed by atoms with Crippen LogP contribution < -0.4 is 10.6 Å². The second kappa shape index (κ2) is 8.00. The summed E-state index contributed by atoms with van der Waals surface area (Å²) < 4.78 is 7.17. The molecule has 2 N–H and O–H groups in total. The molecule has 150 valence electrons. The number of nitrogens with zero attached hydrogens (tertiary/aromatic N) is 2. The molecule has 1 unspecified atom stereocenters. The fraction of sp³-hybridized carbons (Fsp3) is 0.250. The van der Waals surface area contributed by atoms with E-state index >= 15 is 0 Å². The normalized spacial score (nSPS) is 16.4. The van der Waals surface area contributed by atoms with Crippen LogP contribution in [0, 0.1) is 0 Å². The highest BCUT2D eigenvalue weighted by atomic mass is 35.5. The molecule has 0 bridgehead atoms. The Balaban J connectivity index is 1.29. The minimum atomic E-state index is -0.872. The van der Waals surface area contributed by atoms with Crippen molar-refractivity contribution in [3.63, 3.8) is 0 Å².